The molecule has 0 bridgehead atoms. The summed E-state index contributed by atoms with van der Waals surface area (Å²) in [6, 6.07) is 26.7. The Morgan fingerprint density at radius 3 is 1.56 bits per heavy atom. The highest BCUT2D eigenvalue weighted by Gasteiger charge is 2.47. The van der Waals surface area contributed by atoms with E-state index in [1.54, 1.807) is 4.68 Å². The lowest BCUT2D eigenvalue weighted by molar-refractivity contribution is -0.153. The Morgan fingerprint density at radius 1 is 0.627 bits per heavy atom. The predicted molar refractivity (Wildman–Crippen MR) is 212 cm³/mol. The molecule has 59 heavy (non-hydrogen) atoms. The molecule has 4 aromatic carbocycles. The van der Waals surface area contributed by atoms with E-state index >= 15 is 13.2 Å². The molecular weight excluding hydrogens is 791 g/mol. The number of unbranched alkanes of at least 4 members (excludes halogenated alkanes) is 2. The summed E-state index contributed by atoms with van der Waals surface area (Å²) in [5, 5.41) is 9.15. The second-order valence-electron chi connectivity index (χ2n) is 15.8. The molecular formula is C45H42F6N4O3S. The summed E-state index contributed by atoms with van der Waals surface area (Å²) < 4.78 is 127. The number of alkyl halides is 6. The van der Waals surface area contributed by atoms with Crippen LogP contribution < -0.4 is 0 Å². The van der Waals surface area contributed by atoms with E-state index < -0.39 is 40.7 Å². The van der Waals surface area contributed by atoms with E-state index in [0.29, 0.717) is 40.1 Å². The fraction of sp³-hybridized carbons (Fsp3) is 0.333. The summed E-state index contributed by atoms with van der Waals surface area (Å²) in [7, 11) is -4.56. The van der Waals surface area contributed by atoms with Crippen LogP contribution >= 0.6 is 0 Å². The van der Waals surface area contributed by atoms with Crippen molar-refractivity contribution in [1.82, 2.24) is 19.6 Å². The zero-order valence-electron chi connectivity index (χ0n) is 32.4. The third-order valence-electron chi connectivity index (χ3n) is 11.6. The lowest BCUT2D eigenvalue weighted by atomic mass is 9.91. The minimum Gasteiger partial charge on any atom is -0.282 e. The standard InChI is InChI=1S/C45H42F6N4O3S/c1-27-12-16-29(17-13-27)25-54-42-34-9-7-6-8-31(34)23-36(42)40(52-54)38(44(46,47)48)10-4-3-5-11-39(45(49,50)51)41-37-24-32-22-33(59(56,57)58)20-21-35(32)43(37)55(53-41)26-30-18-14-28(2)15-19-30/h6-9,12-22,38-39H,3-5,10-11,23-26H2,1-2H3,(H,56,57,58). The van der Waals surface area contributed by atoms with Gasteiger partial charge < -0.3 is 0 Å². The van der Waals surface area contributed by atoms with Gasteiger partial charge in [-0.2, -0.15) is 45.0 Å². The molecule has 2 aliphatic rings. The average molecular weight is 833 g/mol. The maximum Gasteiger partial charge on any atom is 0.397 e. The molecule has 2 aliphatic carbocycles. The molecule has 8 rings (SSSR count). The van der Waals surface area contributed by atoms with Crippen molar-refractivity contribution in [2.45, 2.75) is 101 Å². The second kappa shape index (κ2) is 15.4. The van der Waals surface area contributed by atoms with Crippen LogP contribution in [0.3, 0.4) is 0 Å². The van der Waals surface area contributed by atoms with Gasteiger partial charge in [-0.05, 0) is 61.1 Å². The SMILES string of the molecule is Cc1ccc(Cn2nc(C(CCCCCC(c3nn(Cc4ccc(C)cc4)c4c3Cc3cc(S(=O)(=O)O)ccc3-4)C(F)(F)F)C(F)(F)F)c3c2-c2ccccc2C3)cc1. The maximum atomic E-state index is 15.0. The lowest BCUT2D eigenvalue weighted by Crippen LogP contribution is -2.23. The Hall–Kier alpha value is -5.21. The predicted octanol–water partition coefficient (Wildman–Crippen LogP) is 11.1. The third kappa shape index (κ3) is 8.21. The molecule has 6 aromatic rings. The fourth-order valence-electron chi connectivity index (χ4n) is 8.69. The van der Waals surface area contributed by atoms with Crippen molar-refractivity contribution in [2.24, 2.45) is 0 Å². The van der Waals surface area contributed by atoms with Gasteiger partial charge in [0, 0.05) is 35.1 Å². The maximum absolute atomic E-state index is 15.0. The minimum atomic E-state index is -4.72. The minimum absolute atomic E-state index is 0.000382. The molecule has 0 saturated heterocycles. The van der Waals surface area contributed by atoms with Crippen molar-refractivity contribution in [3.05, 3.63) is 147 Å². The summed E-state index contributed by atoms with van der Waals surface area (Å²) in [6.07, 6.45) is -9.62. The molecule has 1 N–H and O–H groups in total. The number of hydrogen-bond donors (Lipinski definition) is 1. The molecule has 0 fully saturated rings. The van der Waals surface area contributed by atoms with E-state index in [4.69, 9.17) is 0 Å². The monoisotopic (exact) mass is 832 g/mol. The normalized spacial score (nSPS) is 14.5. The Balaban J connectivity index is 1.03. The van der Waals surface area contributed by atoms with E-state index in [9.17, 15) is 26.1 Å². The van der Waals surface area contributed by atoms with Gasteiger partial charge in [-0.3, -0.25) is 13.9 Å². The van der Waals surface area contributed by atoms with Gasteiger partial charge >= 0.3 is 12.4 Å². The zero-order valence-corrected chi connectivity index (χ0v) is 33.2. The van der Waals surface area contributed by atoms with Gasteiger partial charge in [0.2, 0.25) is 0 Å². The Morgan fingerprint density at radius 2 is 1.08 bits per heavy atom. The Labute approximate surface area is 338 Å². The molecule has 14 heteroatoms. The molecule has 2 aromatic heterocycles. The van der Waals surface area contributed by atoms with Crippen LogP contribution in [0.5, 0.6) is 0 Å². The van der Waals surface area contributed by atoms with Gasteiger partial charge in [0.25, 0.3) is 10.1 Å². The van der Waals surface area contributed by atoms with E-state index in [1.807, 2.05) is 86.6 Å². The summed E-state index contributed by atoms with van der Waals surface area (Å²) in [4.78, 5) is -0.363. The number of nitrogens with zero attached hydrogens (tertiary/aromatic N) is 4. The quantitative estimate of drug-likeness (QED) is 0.0710. The first-order valence-electron chi connectivity index (χ1n) is 19.6. The summed E-state index contributed by atoms with van der Waals surface area (Å²) >= 11 is 0. The van der Waals surface area contributed by atoms with Crippen LogP contribution in [-0.2, 0) is 36.0 Å². The van der Waals surface area contributed by atoms with Crippen molar-refractivity contribution in [1.29, 1.82) is 0 Å². The average Bonchev–Trinajstić information content (AvgIpc) is 3.91. The van der Waals surface area contributed by atoms with Crippen LogP contribution in [0.1, 0.15) is 99.8 Å². The van der Waals surface area contributed by atoms with E-state index in [2.05, 4.69) is 10.2 Å². The fourth-order valence-corrected chi connectivity index (χ4v) is 9.22. The largest absolute Gasteiger partial charge is 0.397 e. The number of aryl methyl sites for hydroxylation is 2. The number of hydrogen-bond acceptors (Lipinski definition) is 4. The highest BCUT2D eigenvalue weighted by molar-refractivity contribution is 7.85. The molecule has 0 aliphatic heterocycles. The van der Waals surface area contributed by atoms with Crippen LogP contribution in [0.25, 0.3) is 22.5 Å². The van der Waals surface area contributed by atoms with E-state index in [-0.39, 0.29) is 61.5 Å². The number of halogens is 6. The summed E-state index contributed by atoms with van der Waals surface area (Å²) in [5.41, 5.74) is 8.25. The molecule has 0 spiro atoms. The molecule has 2 unspecified atom stereocenters. The van der Waals surface area contributed by atoms with Crippen molar-refractivity contribution >= 4 is 10.1 Å². The second-order valence-corrected chi connectivity index (χ2v) is 17.3. The van der Waals surface area contributed by atoms with Gasteiger partial charge in [0.15, 0.2) is 0 Å². The molecule has 308 valence electrons. The van der Waals surface area contributed by atoms with Crippen LogP contribution in [-0.4, -0.2) is 44.9 Å². The molecule has 0 amide bonds. The van der Waals surface area contributed by atoms with Gasteiger partial charge in [-0.15, -0.1) is 0 Å². The molecule has 7 nitrogen and oxygen atoms in total. The first-order valence-corrected chi connectivity index (χ1v) is 21.0. The van der Waals surface area contributed by atoms with Crippen LogP contribution in [0.15, 0.2) is 95.9 Å². The molecule has 0 radical (unpaired) electrons. The van der Waals surface area contributed by atoms with Gasteiger partial charge in [0.1, 0.15) is 0 Å². The van der Waals surface area contributed by atoms with Crippen LogP contribution in [0.2, 0.25) is 0 Å². The molecule has 0 saturated carbocycles. The first kappa shape index (κ1) is 40.6. The highest BCUT2D eigenvalue weighted by atomic mass is 32.2. The number of benzene rings is 4. The summed E-state index contributed by atoms with van der Waals surface area (Å²) in [6.45, 7) is 4.32. The van der Waals surface area contributed by atoms with Crippen molar-refractivity contribution in [3.63, 3.8) is 0 Å². The van der Waals surface area contributed by atoms with Crippen LogP contribution in [0.4, 0.5) is 26.3 Å². The smallest absolute Gasteiger partial charge is 0.282 e. The lowest BCUT2D eigenvalue weighted by Gasteiger charge is -2.21. The number of rotatable bonds is 13. The highest BCUT2D eigenvalue weighted by Crippen LogP contribution is 2.48. The van der Waals surface area contributed by atoms with E-state index in [1.165, 1.54) is 22.9 Å². The zero-order chi connectivity index (χ0) is 41.9. The van der Waals surface area contributed by atoms with Gasteiger partial charge in [0.05, 0.1) is 52.6 Å². The molecule has 2 heterocycles. The number of fused-ring (bicyclic) bond motifs is 6. The van der Waals surface area contributed by atoms with Crippen molar-refractivity contribution in [3.8, 4) is 22.5 Å². The Bertz CT molecular complexity index is 2630. The Kier molecular flexibility index (Phi) is 10.6. The van der Waals surface area contributed by atoms with Crippen molar-refractivity contribution < 1.29 is 39.3 Å². The van der Waals surface area contributed by atoms with E-state index in [0.717, 1.165) is 33.4 Å². The van der Waals surface area contributed by atoms with Gasteiger partial charge in [-0.25, -0.2) is 0 Å². The number of aromatic nitrogens is 4. The molecule has 2 atom stereocenters. The summed E-state index contributed by atoms with van der Waals surface area (Å²) in [5.74, 6) is -3.90. The first-order chi connectivity index (χ1) is 28.0. The third-order valence-corrected chi connectivity index (χ3v) is 12.5. The van der Waals surface area contributed by atoms with Crippen LogP contribution in [0, 0.1) is 13.8 Å². The van der Waals surface area contributed by atoms with Crippen molar-refractivity contribution in [2.75, 3.05) is 0 Å². The van der Waals surface area contributed by atoms with Gasteiger partial charge in [-0.1, -0.05) is 109 Å². The topological polar surface area (TPSA) is 90.0 Å².